The van der Waals surface area contributed by atoms with Crippen molar-refractivity contribution in [2.24, 2.45) is 7.05 Å². The molecular formula is C13H13NO3. The number of carbonyl (C=O) groups is 1. The second kappa shape index (κ2) is 4.33. The molecule has 0 amide bonds. The monoisotopic (exact) mass is 231 g/mol. The third kappa shape index (κ3) is 1.89. The summed E-state index contributed by atoms with van der Waals surface area (Å²) in [5.41, 5.74) is 1.70. The maximum Gasteiger partial charge on any atom is 0.341 e. The Morgan fingerprint density at radius 2 is 1.94 bits per heavy atom. The summed E-state index contributed by atoms with van der Waals surface area (Å²) in [5, 5.41) is 9.26. The minimum Gasteiger partial charge on any atom is -0.494 e. The van der Waals surface area contributed by atoms with E-state index in [0.29, 0.717) is 11.4 Å². The van der Waals surface area contributed by atoms with E-state index in [1.54, 1.807) is 17.8 Å². The maximum absolute atomic E-state index is 11.3. The van der Waals surface area contributed by atoms with Crippen LogP contribution in [0.2, 0.25) is 0 Å². The molecule has 0 aliphatic carbocycles. The number of aryl methyl sites for hydroxylation is 1. The molecule has 0 aliphatic heterocycles. The van der Waals surface area contributed by atoms with Gasteiger partial charge in [0, 0.05) is 13.2 Å². The van der Waals surface area contributed by atoms with E-state index < -0.39 is 5.97 Å². The first kappa shape index (κ1) is 11.3. The van der Waals surface area contributed by atoms with E-state index >= 15 is 0 Å². The van der Waals surface area contributed by atoms with Gasteiger partial charge in [0.15, 0.2) is 5.75 Å². The van der Waals surface area contributed by atoms with Gasteiger partial charge in [-0.05, 0) is 5.56 Å². The van der Waals surface area contributed by atoms with Crippen LogP contribution >= 0.6 is 0 Å². The van der Waals surface area contributed by atoms with Gasteiger partial charge in [-0.3, -0.25) is 0 Å². The van der Waals surface area contributed by atoms with Crippen molar-refractivity contribution in [3.8, 4) is 17.0 Å². The number of aromatic carboxylic acids is 1. The molecule has 0 aliphatic rings. The number of hydrogen-bond acceptors (Lipinski definition) is 2. The Morgan fingerprint density at radius 1 is 1.29 bits per heavy atom. The first-order valence-electron chi connectivity index (χ1n) is 5.17. The summed E-state index contributed by atoms with van der Waals surface area (Å²) < 4.78 is 6.85. The molecule has 1 N–H and O–H groups in total. The van der Waals surface area contributed by atoms with Crippen molar-refractivity contribution in [1.29, 1.82) is 0 Å². The Kier molecular flexibility index (Phi) is 2.87. The number of benzene rings is 1. The summed E-state index contributed by atoms with van der Waals surface area (Å²) in [6, 6.07) is 9.40. The van der Waals surface area contributed by atoms with Crippen LogP contribution in [0.5, 0.6) is 5.75 Å². The van der Waals surface area contributed by atoms with Crippen LogP contribution in [0.25, 0.3) is 11.3 Å². The van der Waals surface area contributed by atoms with Crippen LogP contribution in [0, 0.1) is 0 Å². The van der Waals surface area contributed by atoms with Gasteiger partial charge in [0.05, 0.1) is 12.8 Å². The molecule has 0 saturated carbocycles. The SMILES string of the molecule is COc1cn(C)c(-c2ccccc2)c1C(=O)O. The highest BCUT2D eigenvalue weighted by molar-refractivity contribution is 5.98. The van der Waals surface area contributed by atoms with Crippen LogP contribution in [-0.4, -0.2) is 22.8 Å². The number of aromatic nitrogens is 1. The third-order valence-corrected chi connectivity index (χ3v) is 2.63. The molecule has 0 radical (unpaired) electrons. The van der Waals surface area contributed by atoms with Crippen LogP contribution in [0.1, 0.15) is 10.4 Å². The first-order valence-corrected chi connectivity index (χ1v) is 5.17. The van der Waals surface area contributed by atoms with Crippen LogP contribution < -0.4 is 4.74 Å². The Hall–Kier alpha value is -2.23. The zero-order valence-corrected chi connectivity index (χ0v) is 9.68. The van der Waals surface area contributed by atoms with Crippen molar-refractivity contribution in [2.45, 2.75) is 0 Å². The van der Waals surface area contributed by atoms with Crippen LogP contribution in [0.15, 0.2) is 36.5 Å². The normalized spacial score (nSPS) is 10.2. The maximum atomic E-state index is 11.3. The molecule has 0 atom stereocenters. The fraction of sp³-hybridized carbons (Fsp3) is 0.154. The van der Waals surface area contributed by atoms with Gasteiger partial charge in [0.25, 0.3) is 0 Å². The molecule has 88 valence electrons. The molecule has 4 nitrogen and oxygen atoms in total. The second-order valence-corrected chi connectivity index (χ2v) is 3.70. The highest BCUT2D eigenvalue weighted by Gasteiger charge is 2.21. The van der Waals surface area contributed by atoms with E-state index in [-0.39, 0.29) is 5.56 Å². The lowest BCUT2D eigenvalue weighted by Crippen LogP contribution is -2.01. The highest BCUT2D eigenvalue weighted by atomic mass is 16.5. The summed E-state index contributed by atoms with van der Waals surface area (Å²) in [7, 11) is 3.27. The largest absolute Gasteiger partial charge is 0.494 e. The number of rotatable bonds is 3. The Labute approximate surface area is 99.1 Å². The van der Waals surface area contributed by atoms with E-state index in [9.17, 15) is 9.90 Å². The summed E-state index contributed by atoms with van der Waals surface area (Å²) in [4.78, 5) is 11.3. The number of hydrogen-bond donors (Lipinski definition) is 1. The van der Waals surface area contributed by atoms with Crippen molar-refractivity contribution in [2.75, 3.05) is 7.11 Å². The Balaban J connectivity index is 2.69. The quantitative estimate of drug-likeness (QED) is 0.882. The van der Waals surface area contributed by atoms with Gasteiger partial charge < -0.3 is 14.4 Å². The van der Waals surface area contributed by atoms with Gasteiger partial charge in [0.1, 0.15) is 5.56 Å². The number of methoxy groups -OCH3 is 1. The van der Waals surface area contributed by atoms with Gasteiger partial charge in [-0.1, -0.05) is 30.3 Å². The van der Waals surface area contributed by atoms with E-state index in [2.05, 4.69) is 0 Å². The number of ether oxygens (including phenoxy) is 1. The fourth-order valence-corrected chi connectivity index (χ4v) is 1.90. The van der Waals surface area contributed by atoms with Crippen molar-refractivity contribution in [3.63, 3.8) is 0 Å². The first-order chi connectivity index (χ1) is 8.15. The fourth-order valence-electron chi connectivity index (χ4n) is 1.90. The molecular weight excluding hydrogens is 218 g/mol. The van der Waals surface area contributed by atoms with E-state index in [4.69, 9.17) is 4.74 Å². The highest BCUT2D eigenvalue weighted by Crippen LogP contribution is 2.32. The summed E-state index contributed by atoms with van der Waals surface area (Å²) >= 11 is 0. The van der Waals surface area contributed by atoms with E-state index in [1.165, 1.54) is 7.11 Å². The number of carboxylic acids is 1. The van der Waals surface area contributed by atoms with Gasteiger partial charge in [0.2, 0.25) is 0 Å². The minimum atomic E-state index is -0.985. The predicted molar refractivity (Wildman–Crippen MR) is 64.4 cm³/mol. The molecule has 1 aromatic heterocycles. The van der Waals surface area contributed by atoms with Crippen molar-refractivity contribution in [1.82, 2.24) is 4.57 Å². The second-order valence-electron chi connectivity index (χ2n) is 3.70. The predicted octanol–water partition coefficient (Wildman–Crippen LogP) is 2.40. The summed E-state index contributed by atoms with van der Waals surface area (Å²) in [6.07, 6.45) is 1.67. The van der Waals surface area contributed by atoms with Gasteiger partial charge >= 0.3 is 5.97 Å². The smallest absolute Gasteiger partial charge is 0.341 e. The average molecular weight is 231 g/mol. The summed E-state index contributed by atoms with van der Waals surface area (Å²) in [6.45, 7) is 0. The van der Waals surface area contributed by atoms with Crippen LogP contribution in [0.3, 0.4) is 0 Å². The molecule has 0 saturated heterocycles. The third-order valence-electron chi connectivity index (χ3n) is 2.63. The summed E-state index contributed by atoms with van der Waals surface area (Å²) in [5.74, 6) is -0.611. The van der Waals surface area contributed by atoms with Crippen LogP contribution in [0.4, 0.5) is 0 Å². The standard InChI is InChI=1S/C13H13NO3/c1-14-8-10(17-2)11(13(15)16)12(14)9-6-4-3-5-7-9/h3-8H,1-2H3,(H,15,16). The van der Waals surface area contributed by atoms with Crippen molar-refractivity contribution >= 4 is 5.97 Å². The molecule has 1 aromatic carbocycles. The molecule has 0 bridgehead atoms. The minimum absolute atomic E-state index is 0.196. The van der Waals surface area contributed by atoms with Crippen LogP contribution in [-0.2, 0) is 7.05 Å². The molecule has 0 unspecified atom stereocenters. The van der Waals surface area contributed by atoms with E-state index in [0.717, 1.165) is 5.56 Å². The Morgan fingerprint density at radius 3 is 2.47 bits per heavy atom. The zero-order chi connectivity index (χ0) is 12.4. The Bertz CT molecular complexity index is 543. The lowest BCUT2D eigenvalue weighted by Gasteiger charge is -2.05. The number of carboxylic acid groups (broad SMARTS) is 1. The lowest BCUT2D eigenvalue weighted by atomic mass is 10.1. The van der Waals surface area contributed by atoms with Gasteiger partial charge in [-0.2, -0.15) is 0 Å². The van der Waals surface area contributed by atoms with Crippen molar-refractivity contribution in [3.05, 3.63) is 42.1 Å². The average Bonchev–Trinajstić information content (AvgIpc) is 2.67. The van der Waals surface area contributed by atoms with Gasteiger partial charge in [-0.25, -0.2) is 4.79 Å². The van der Waals surface area contributed by atoms with Crippen molar-refractivity contribution < 1.29 is 14.6 Å². The number of nitrogens with zero attached hydrogens (tertiary/aromatic N) is 1. The molecule has 2 aromatic rings. The van der Waals surface area contributed by atoms with E-state index in [1.807, 2.05) is 30.3 Å². The van der Waals surface area contributed by atoms with Gasteiger partial charge in [-0.15, -0.1) is 0 Å². The molecule has 0 spiro atoms. The molecule has 1 heterocycles. The molecule has 0 fully saturated rings. The lowest BCUT2D eigenvalue weighted by molar-refractivity contribution is 0.0694. The molecule has 4 heteroatoms. The zero-order valence-electron chi connectivity index (χ0n) is 9.68. The topological polar surface area (TPSA) is 51.5 Å². The molecule has 17 heavy (non-hydrogen) atoms. The molecule has 2 rings (SSSR count).